The fourth-order valence-electron chi connectivity index (χ4n) is 3.03. The molecule has 0 N–H and O–H groups in total. The molecule has 0 saturated carbocycles. The summed E-state index contributed by atoms with van der Waals surface area (Å²) in [7, 11) is 0. The number of hydrogen-bond donors (Lipinski definition) is 0. The lowest BCUT2D eigenvalue weighted by Gasteiger charge is -2.13. The van der Waals surface area contributed by atoms with E-state index in [2.05, 4.69) is 4.74 Å². The number of esters is 1. The van der Waals surface area contributed by atoms with E-state index in [1.165, 1.54) is 18.2 Å². The van der Waals surface area contributed by atoms with Crippen LogP contribution in [0.3, 0.4) is 0 Å². The number of fused-ring (bicyclic) bond motifs is 1. The predicted molar refractivity (Wildman–Crippen MR) is 110 cm³/mol. The Hall–Kier alpha value is -3.42. The first-order chi connectivity index (χ1) is 15.2. The first kappa shape index (κ1) is 23.2. The second kappa shape index (κ2) is 9.80. The van der Waals surface area contributed by atoms with Crippen LogP contribution in [0.25, 0.3) is 10.8 Å². The van der Waals surface area contributed by atoms with E-state index in [4.69, 9.17) is 4.74 Å². The highest BCUT2D eigenvalue weighted by Gasteiger charge is 2.30. The normalized spacial score (nSPS) is 11.8. The number of halogens is 5. The summed E-state index contributed by atoms with van der Waals surface area (Å²) in [6.07, 6.45) is 0.975. The maximum absolute atomic E-state index is 14.5. The molecule has 0 aromatic heterocycles. The molecule has 0 radical (unpaired) electrons. The van der Waals surface area contributed by atoms with Gasteiger partial charge in [0.25, 0.3) is 0 Å². The zero-order valence-electron chi connectivity index (χ0n) is 17.0. The van der Waals surface area contributed by atoms with Crippen molar-refractivity contribution in [3.63, 3.8) is 0 Å². The summed E-state index contributed by atoms with van der Waals surface area (Å²) in [4.78, 5) is 12.4. The van der Waals surface area contributed by atoms with Gasteiger partial charge >= 0.3 is 12.1 Å². The monoisotopic (exact) mass is 450 g/mol. The molecule has 0 atom stereocenters. The van der Waals surface area contributed by atoms with Gasteiger partial charge in [0.1, 0.15) is 5.75 Å². The van der Waals surface area contributed by atoms with Crippen LogP contribution < -0.4 is 9.47 Å². The Morgan fingerprint density at radius 1 is 1.03 bits per heavy atom. The molecule has 0 aliphatic heterocycles. The van der Waals surface area contributed by atoms with E-state index in [0.29, 0.717) is 5.56 Å². The largest absolute Gasteiger partial charge is 0.478 e. The number of allylic oxidation sites excluding steroid dienone is 2. The van der Waals surface area contributed by atoms with Crippen molar-refractivity contribution in [2.45, 2.75) is 25.9 Å². The van der Waals surface area contributed by atoms with Gasteiger partial charge in [-0.1, -0.05) is 24.3 Å². The minimum atomic E-state index is -4.74. The van der Waals surface area contributed by atoms with Crippen LogP contribution in [-0.2, 0) is 6.42 Å². The average molecular weight is 450 g/mol. The minimum absolute atomic E-state index is 0.00369. The highest BCUT2D eigenvalue weighted by molar-refractivity contribution is 5.92. The molecule has 3 rings (SSSR count). The topological polar surface area (TPSA) is 35.5 Å². The quantitative estimate of drug-likeness (QED) is 0.172. The molecule has 0 bridgehead atoms. The van der Waals surface area contributed by atoms with Crippen molar-refractivity contribution in [3.05, 3.63) is 83.4 Å². The smallest absolute Gasteiger partial charge is 0.422 e. The molecule has 0 aliphatic carbocycles. The van der Waals surface area contributed by atoms with Crippen LogP contribution in [0.2, 0.25) is 0 Å². The molecule has 0 fully saturated rings. The molecule has 0 spiro atoms. The summed E-state index contributed by atoms with van der Waals surface area (Å²) in [5.74, 6) is -4.31. The maximum Gasteiger partial charge on any atom is 0.422 e. The van der Waals surface area contributed by atoms with Crippen LogP contribution in [0.15, 0.2) is 60.7 Å². The summed E-state index contributed by atoms with van der Waals surface area (Å²) in [5, 5.41) is -0.169. The highest BCUT2D eigenvalue weighted by atomic mass is 19.4. The van der Waals surface area contributed by atoms with Gasteiger partial charge in [0.05, 0.1) is 5.56 Å². The Balaban J connectivity index is 1.76. The molecule has 168 valence electrons. The van der Waals surface area contributed by atoms with Crippen LogP contribution in [0.5, 0.6) is 11.5 Å². The number of rotatable bonds is 7. The molecule has 3 aromatic rings. The van der Waals surface area contributed by atoms with Gasteiger partial charge in [0.2, 0.25) is 0 Å². The van der Waals surface area contributed by atoms with E-state index in [0.717, 1.165) is 24.5 Å². The van der Waals surface area contributed by atoms with Gasteiger partial charge in [0, 0.05) is 5.39 Å². The number of ether oxygens (including phenoxy) is 2. The minimum Gasteiger partial charge on any atom is -0.478 e. The lowest BCUT2D eigenvalue weighted by Crippen LogP contribution is -2.20. The molecular weight excluding hydrogens is 431 g/mol. The first-order valence-electron chi connectivity index (χ1n) is 9.71. The fraction of sp³-hybridized carbons (Fsp3) is 0.208. The average Bonchev–Trinajstić information content (AvgIpc) is 2.73. The van der Waals surface area contributed by atoms with E-state index in [1.807, 2.05) is 31.2 Å². The van der Waals surface area contributed by atoms with E-state index < -0.39 is 36.1 Å². The first-order valence-corrected chi connectivity index (χ1v) is 9.71. The molecule has 0 unspecified atom stereocenters. The number of aryl methyl sites for hydroxylation is 1. The SMILES string of the molecule is C/C=C/CCc1ccc(C(=O)Oc2ccc3c(F)c(OCC(F)(F)F)c(F)cc3c2)cc1. The zero-order chi connectivity index (χ0) is 23.3. The Morgan fingerprint density at radius 3 is 2.41 bits per heavy atom. The number of benzene rings is 3. The number of alkyl halides is 3. The zero-order valence-corrected chi connectivity index (χ0v) is 17.0. The van der Waals surface area contributed by atoms with Crippen LogP contribution in [0.4, 0.5) is 22.0 Å². The lowest BCUT2D eigenvalue weighted by atomic mass is 10.1. The molecule has 3 nitrogen and oxygen atoms in total. The predicted octanol–water partition coefficient (Wildman–Crippen LogP) is 6.79. The molecular formula is C24H19F5O3. The van der Waals surface area contributed by atoms with E-state index >= 15 is 0 Å². The molecule has 0 saturated heterocycles. The Kier molecular flexibility index (Phi) is 7.12. The van der Waals surface area contributed by atoms with Crippen molar-refractivity contribution in [1.82, 2.24) is 0 Å². The lowest BCUT2D eigenvalue weighted by molar-refractivity contribution is -0.154. The Bertz CT molecular complexity index is 1140. The number of hydrogen-bond acceptors (Lipinski definition) is 3. The van der Waals surface area contributed by atoms with Crippen molar-refractivity contribution in [2.75, 3.05) is 6.61 Å². The molecule has 32 heavy (non-hydrogen) atoms. The van der Waals surface area contributed by atoms with Gasteiger partial charge in [-0.3, -0.25) is 0 Å². The third-order valence-corrected chi connectivity index (χ3v) is 4.57. The second-order valence-electron chi connectivity index (χ2n) is 6.98. The number of carbonyl (C=O) groups is 1. The molecule has 0 amide bonds. The molecule has 0 heterocycles. The molecule has 3 aromatic carbocycles. The second-order valence-corrected chi connectivity index (χ2v) is 6.98. The van der Waals surface area contributed by atoms with E-state index in [9.17, 15) is 26.7 Å². The van der Waals surface area contributed by atoms with Gasteiger partial charge in [0.15, 0.2) is 24.0 Å². The highest BCUT2D eigenvalue weighted by Crippen LogP contribution is 2.33. The van der Waals surface area contributed by atoms with Crippen molar-refractivity contribution in [1.29, 1.82) is 0 Å². The summed E-state index contributed by atoms with van der Waals surface area (Å²) in [6, 6.07) is 11.4. The van der Waals surface area contributed by atoms with Crippen molar-refractivity contribution in [3.8, 4) is 11.5 Å². The van der Waals surface area contributed by atoms with Crippen LogP contribution in [-0.4, -0.2) is 18.8 Å². The van der Waals surface area contributed by atoms with Gasteiger partial charge in [-0.15, -0.1) is 0 Å². The van der Waals surface area contributed by atoms with Gasteiger partial charge < -0.3 is 9.47 Å². The van der Waals surface area contributed by atoms with Crippen molar-refractivity contribution < 1.29 is 36.2 Å². The number of carbonyl (C=O) groups excluding carboxylic acids is 1. The summed E-state index contributed by atoms with van der Waals surface area (Å²) >= 11 is 0. The van der Waals surface area contributed by atoms with Crippen LogP contribution >= 0.6 is 0 Å². The molecule has 8 heteroatoms. The Labute approximate surface area is 181 Å². The summed E-state index contributed by atoms with van der Waals surface area (Å²) in [5.41, 5.74) is 1.35. The third kappa shape index (κ3) is 5.84. The van der Waals surface area contributed by atoms with E-state index in [1.54, 1.807) is 12.1 Å². The molecule has 0 aliphatic rings. The fourth-order valence-corrected chi connectivity index (χ4v) is 3.03. The van der Waals surface area contributed by atoms with Crippen LogP contribution in [0.1, 0.15) is 29.3 Å². The summed E-state index contributed by atoms with van der Waals surface area (Å²) < 4.78 is 75.0. The van der Waals surface area contributed by atoms with Crippen molar-refractivity contribution in [2.24, 2.45) is 0 Å². The van der Waals surface area contributed by atoms with Crippen LogP contribution in [0, 0.1) is 11.6 Å². The van der Waals surface area contributed by atoms with Crippen molar-refractivity contribution >= 4 is 16.7 Å². The maximum atomic E-state index is 14.5. The summed E-state index contributed by atoms with van der Waals surface area (Å²) in [6.45, 7) is 0.117. The van der Waals surface area contributed by atoms with E-state index in [-0.39, 0.29) is 16.5 Å². The van der Waals surface area contributed by atoms with Gasteiger partial charge in [-0.2, -0.15) is 13.2 Å². The third-order valence-electron chi connectivity index (χ3n) is 4.57. The van der Waals surface area contributed by atoms with Gasteiger partial charge in [-0.25, -0.2) is 13.6 Å². The Morgan fingerprint density at radius 2 is 1.75 bits per heavy atom. The van der Waals surface area contributed by atoms with Gasteiger partial charge in [-0.05, 0) is 67.1 Å². The standard InChI is InChI=1S/C24H19F5O3/c1-2-3-4-5-15-6-8-16(9-7-15)23(30)32-18-10-11-19-17(12-18)13-20(25)22(21(19)26)31-14-24(27,28)29/h2-3,6-13H,4-5,14H2,1H3/b3-2+.